The maximum absolute atomic E-state index is 14.0. The molecule has 0 radical (unpaired) electrons. The van der Waals surface area contributed by atoms with Crippen LogP contribution in [0.25, 0.3) is 43.1 Å². The fraction of sp³-hybridized carbons (Fsp3) is 0.115. The first-order chi connectivity index (χ1) is 27.3. The van der Waals surface area contributed by atoms with Crippen molar-refractivity contribution in [2.24, 2.45) is 0 Å². The Morgan fingerprint density at radius 3 is 0.929 bits per heavy atom. The van der Waals surface area contributed by atoms with Crippen LogP contribution in [0.4, 0.5) is 0 Å². The van der Waals surface area contributed by atoms with Crippen molar-refractivity contribution in [3.8, 4) is 0 Å². The Kier molecular flexibility index (Phi) is 8.14. The second-order valence-electron chi connectivity index (χ2n) is 15.2. The zero-order valence-electron chi connectivity index (χ0n) is 30.9. The van der Waals surface area contributed by atoms with Gasteiger partial charge in [0.1, 0.15) is 23.4 Å². The van der Waals surface area contributed by atoms with Crippen LogP contribution < -0.4 is 0 Å². The molecule has 0 aromatic heterocycles. The Morgan fingerprint density at radius 1 is 0.357 bits per heavy atom. The third-order valence-electron chi connectivity index (χ3n) is 11.9. The highest BCUT2D eigenvalue weighted by Gasteiger charge is 2.62. The SMILES string of the molecule is CC1(c2ccccc2)O[C@@H](C(O)(c2ccc3ccccc3c2)c2ccc3ccccc3c2)[C@H](C(O)(c2ccc3ccccc3c2)c2ccc3ccccc3c2)O1. The Balaban J connectivity index is 1.28. The van der Waals surface area contributed by atoms with Gasteiger partial charge in [-0.2, -0.15) is 0 Å². The predicted molar refractivity (Wildman–Crippen MR) is 225 cm³/mol. The Morgan fingerprint density at radius 2 is 0.625 bits per heavy atom. The number of ether oxygens (including phenoxy) is 2. The second kappa shape index (κ2) is 13.3. The van der Waals surface area contributed by atoms with Gasteiger partial charge in [-0.3, -0.25) is 0 Å². The first-order valence-electron chi connectivity index (χ1n) is 19.2. The number of benzene rings is 9. The number of hydrogen-bond acceptors (Lipinski definition) is 4. The largest absolute Gasteiger partial charge is 0.378 e. The maximum atomic E-state index is 14.0. The molecule has 1 aliphatic heterocycles. The lowest BCUT2D eigenvalue weighted by Crippen LogP contribution is -2.55. The highest BCUT2D eigenvalue weighted by Crippen LogP contribution is 2.53. The molecule has 272 valence electrons. The summed E-state index contributed by atoms with van der Waals surface area (Å²) in [5.41, 5.74) is -0.377. The minimum Gasteiger partial charge on any atom is -0.378 e. The fourth-order valence-corrected chi connectivity index (χ4v) is 8.82. The first-order valence-corrected chi connectivity index (χ1v) is 19.2. The molecule has 0 spiro atoms. The Labute approximate surface area is 325 Å². The van der Waals surface area contributed by atoms with Crippen molar-refractivity contribution in [2.75, 3.05) is 0 Å². The van der Waals surface area contributed by atoms with E-state index in [-0.39, 0.29) is 0 Å². The van der Waals surface area contributed by atoms with Gasteiger partial charge in [-0.1, -0.05) is 176 Å². The minimum atomic E-state index is -1.83. The van der Waals surface area contributed by atoms with Crippen molar-refractivity contribution in [2.45, 2.75) is 36.1 Å². The van der Waals surface area contributed by atoms with Crippen LogP contribution in [-0.2, 0) is 26.5 Å². The van der Waals surface area contributed by atoms with E-state index in [0.29, 0.717) is 22.3 Å². The molecule has 1 heterocycles. The van der Waals surface area contributed by atoms with E-state index >= 15 is 0 Å². The average Bonchev–Trinajstić information content (AvgIpc) is 3.65. The van der Waals surface area contributed by atoms with Crippen LogP contribution in [-0.4, -0.2) is 22.4 Å². The molecule has 1 saturated heterocycles. The average molecular weight is 729 g/mol. The fourth-order valence-electron chi connectivity index (χ4n) is 8.82. The van der Waals surface area contributed by atoms with E-state index in [2.05, 4.69) is 48.5 Å². The minimum absolute atomic E-state index is 0.627. The number of aliphatic hydroxyl groups is 2. The van der Waals surface area contributed by atoms with Gasteiger partial charge in [0.25, 0.3) is 0 Å². The molecule has 4 heteroatoms. The van der Waals surface area contributed by atoms with Crippen molar-refractivity contribution in [1.82, 2.24) is 0 Å². The summed E-state index contributed by atoms with van der Waals surface area (Å²) in [7, 11) is 0. The first kappa shape index (κ1) is 34.4. The molecule has 1 aliphatic rings. The topological polar surface area (TPSA) is 58.9 Å². The van der Waals surface area contributed by atoms with E-state index in [9.17, 15) is 10.2 Å². The highest BCUT2D eigenvalue weighted by molar-refractivity contribution is 5.87. The zero-order valence-corrected chi connectivity index (χ0v) is 30.9. The van der Waals surface area contributed by atoms with Gasteiger partial charge in [0.2, 0.25) is 0 Å². The molecule has 10 rings (SSSR count). The Bertz CT molecular complexity index is 2560. The molecule has 0 aliphatic carbocycles. The zero-order chi connectivity index (χ0) is 37.9. The Hall–Kier alpha value is -6.14. The summed E-state index contributed by atoms with van der Waals surface area (Å²) in [6, 6.07) is 66.5. The molecule has 9 aromatic rings. The highest BCUT2D eigenvalue weighted by atomic mass is 16.8. The maximum Gasteiger partial charge on any atom is 0.193 e. The van der Waals surface area contributed by atoms with Crippen molar-refractivity contribution >= 4 is 43.1 Å². The lowest BCUT2D eigenvalue weighted by molar-refractivity contribution is -0.193. The molecular formula is C52H40O4. The molecule has 0 saturated carbocycles. The summed E-state index contributed by atoms with van der Waals surface area (Å²) in [5.74, 6) is -1.36. The molecule has 4 nitrogen and oxygen atoms in total. The van der Waals surface area contributed by atoms with Crippen LogP contribution in [0.5, 0.6) is 0 Å². The molecule has 9 aromatic carbocycles. The predicted octanol–water partition coefficient (Wildman–Crippen LogP) is 11.1. The van der Waals surface area contributed by atoms with E-state index in [4.69, 9.17) is 9.47 Å². The number of rotatable bonds is 7. The van der Waals surface area contributed by atoms with Crippen LogP contribution >= 0.6 is 0 Å². The van der Waals surface area contributed by atoms with Crippen LogP contribution in [0.15, 0.2) is 200 Å². The molecular weight excluding hydrogens is 689 g/mol. The molecule has 0 unspecified atom stereocenters. The van der Waals surface area contributed by atoms with Gasteiger partial charge in [-0.05, 0) is 96.5 Å². The number of fused-ring (bicyclic) bond motifs is 4. The van der Waals surface area contributed by atoms with Crippen LogP contribution in [0.2, 0.25) is 0 Å². The van der Waals surface area contributed by atoms with E-state index in [1.807, 2.05) is 159 Å². The van der Waals surface area contributed by atoms with Gasteiger partial charge in [0.05, 0.1) is 0 Å². The van der Waals surface area contributed by atoms with Gasteiger partial charge in [0.15, 0.2) is 5.79 Å². The van der Waals surface area contributed by atoms with Crippen molar-refractivity contribution in [3.05, 3.63) is 228 Å². The van der Waals surface area contributed by atoms with Crippen molar-refractivity contribution in [1.29, 1.82) is 0 Å². The molecule has 0 amide bonds. The lowest BCUT2D eigenvalue weighted by atomic mass is 9.71. The summed E-state index contributed by atoms with van der Waals surface area (Å²) in [6.07, 6.45) is -2.28. The molecule has 0 bridgehead atoms. The summed E-state index contributed by atoms with van der Waals surface area (Å²) in [4.78, 5) is 0. The van der Waals surface area contributed by atoms with Crippen molar-refractivity contribution < 1.29 is 19.7 Å². The van der Waals surface area contributed by atoms with Gasteiger partial charge >= 0.3 is 0 Å². The summed E-state index contributed by atoms with van der Waals surface area (Å²) >= 11 is 0. The van der Waals surface area contributed by atoms with E-state index in [1.54, 1.807) is 0 Å². The van der Waals surface area contributed by atoms with E-state index in [0.717, 1.165) is 48.7 Å². The van der Waals surface area contributed by atoms with Crippen molar-refractivity contribution in [3.63, 3.8) is 0 Å². The standard InChI is InChI=1S/C52H40O4/c1-50(43-21-3-2-4-22-43)55-48(51(53,44-27-23-35-13-5-9-17-39(35)31-44)45-28-24-36-14-6-10-18-40(36)32-45)49(56-50)52(54,46-29-25-37-15-7-11-19-41(37)33-46)47-30-26-38-16-8-12-20-42(38)34-47/h2-34,48-49,53-54H,1H3/t48-,49-/m1/s1. The molecule has 56 heavy (non-hydrogen) atoms. The molecule has 2 N–H and O–H groups in total. The third kappa shape index (κ3) is 5.53. The van der Waals surface area contributed by atoms with Gasteiger partial charge < -0.3 is 19.7 Å². The second-order valence-corrected chi connectivity index (χ2v) is 15.2. The van der Waals surface area contributed by atoms with Crippen LogP contribution in [0.3, 0.4) is 0 Å². The van der Waals surface area contributed by atoms with E-state index < -0.39 is 29.2 Å². The lowest BCUT2D eigenvalue weighted by Gasteiger charge is -2.43. The van der Waals surface area contributed by atoms with Gasteiger partial charge in [0, 0.05) is 5.56 Å². The van der Waals surface area contributed by atoms with Gasteiger partial charge in [-0.15, -0.1) is 0 Å². The monoisotopic (exact) mass is 728 g/mol. The smallest absolute Gasteiger partial charge is 0.193 e. The summed E-state index contributed by atoms with van der Waals surface area (Å²) in [5, 5.41) is 36.1. The van der Waals surface area contributed by atoms with Crippen LogP contribution in [0.1, 0.15) is 34.7 Å². The molecule has 2 atom stereocenters. The van der Waals surface area contributed by atoms with E-state index in [1.165, 1.54) is 0 Å². The molecule has 1 fully saturated rings. The van der Waals surface area contributed by atoms with Gasteiger partial charge in [-0.25, -0.2) is 0 Å². The normalized spacial score (nSPS) is 17.2. The summed E-state index contributed by atoms with van der Waals surface area (Å²) < 4.78 is 14.6. The summed E-state index contributed by atoms with van der Waals surface area (Å²) in [6.45, 7) is 1.89. The third-order valence-corrected chi connectivity index (χ3v) is 11.9. The van der Waals surface area contributed by atoms with Crippen LogP contribution in [0, 0.1) is 0 Å². The quantitative estimate of drug-likeness (QED) is 0.172. The number of hydrogen-bond donors (Lipinski definition) is 2.